The predicted octanol–water partition coefficient (Wildman–Crippen LogP) is 2.64. The molecule has 0 bridgehead atoms. The molecule has 2 N–H and O–H groups in total. The lowest BCUT2D eigenvalue weighted by Crippen LogP contribution is -2.34. The molecule has 14 heteroatoms. The van der Waals surface area contributed by atoms with E-state index in [4.69, 9.17) is 5.11 Å². The van der Waals surface area contributed by atoms with Crippen LogP contribution in [-0.4, -0.2) is 59.5 Å². The van der Waals surface area contributed by atoms with Gasteiger partial charge in [0.25, 0.3) is 0 Å². The van der Waals surface area contributed by atoms with Gasteiger partial charge >= 0.3 is 12.1 Å². The predicted molar refractivity (Wildman–Crippen MR) is 116 cm³/mol. The van der Waals surface area contributed by atoms with Gasteiger partial charge in [-0.05, 0) is 37.4 Å². The lowest BCUT2D eigenvalue weighted by molar-refractivity contribution is -0.140. The highest BCUT2D eigenvalue weighted by atomic mass is 35.5. The van der Waals surface area contributed by atoms with Gasteiger partial charge in [-0.15, -0.1) is 12.4 Å². The van der Waals surface area contributed by atoms with E-state index in [1.165, 1.54) is 36.2 Å². The lowest BCUT2D eigenvalue weighted by Gasteiger charge is -2.18. The van der Waals surface area contributed by atoms with Gasteiger partial charge < -0.3 is 10.0 Å². The number of nitrogens with zero attached hydrogens (tertiary/aromatic N) is 1. The summed E-state index contributed by atoms with van der Waals surface area (Å²) in [5.74, 6) is -1.05. The third-order valence-corrected chi connectivity index (χ3v) is 7.67. The summed E-state index contributed by atoms with van der Waals surface area (Å²) in [7, 11) is -7.48. The van der Waals surface area contributed by atoms with Crippen molar-refractivity contribution in [2.75, 3.05) is 26.7 Å². The van der Waals surface area contributed by atoms with Crippen molar-refractivity contribution >= 4 is 38.2 Å². The van der Waals surface area contributed by atoms with Crippen LogP contribution in [0.1, 0.15) is 12.0 Å². The summed E-state index contributed by atoms with van der Waals surface area (Å²) in [5.41, 5.74) is -1.50. The van der Waals surface area contributed by atoms with E-state index in [2.05, 4.69) is 0 Å². The maximum absolute atomic E-state index is 13.5. The third-order valence-electron chi connectivity index (χ3n) is 4.40. The van der Waals surface area contributed by atoms with E-state index in [0.29, 0.717) is 18.2 Å². The number of sulfone groups is 1. The number of carboxylic acid groups (broad SMARTS) is 1. The Morgan fingerprint density at radius 2 is 1.61 bits per heavy atom. The summed E-state index contributed by atoms with van der Waals surface area (Å²) < 4.78 is 93.2. The van der Waals surface area contributed by atoms with Crippen LogP contribution in [0, 0.1) is 0 Å². The number of alkyl halides is 3. The molecule has 0 spiro atoms. The molecule has 0 saturated carbocycles. The van der Waals surface area contributed by atoms with E-state index in [1.54, 1.807) is 6.07 Å². The topological polar surface area (TPSA) is 121 Å². The Labute approximate surface area is 195 Å². The highest BCUT2D eigenvalue weighted by Gasteiger charge is 2.38. The summed E-state index contributed by atoms with van der Waals surface area (Å²) in [6.07, 6.45) is -5.24. The number of nitrogens with one attached hydrogen (secondary N) is 1. The van der Waals surface area contributed by atoms with Crippen molar-refractivity contribution in [2.45, 2.75) is 27.3 Å². The molecular formula is C19H22ClF3N2O6S2. The van der Waals surface area contributed by atoms with Crippen LogP contribution in [0.3, 0.4) is 0 Å². The molecule has 2 aromatic rings. The van der Waals surface area contributed by atoms with Crippen LogP contribution >= 0.6 is 12.4 Å². The van der Waals surface area contributed by atoms with Crippen LogP contribution in [0.2, 0.25) is 0 Å². The maximum Gasteiger partial charge on any atom is 0.417 e. The van der Waals surface area contributed by atoms with Gasteiger partial charge in [-0.1, -0.05) is 18.2 Å². The Balaban J connectivity index is 0.00000544. The standard InChI is InChI=1S/C19H21F3N2O6S2.ClH/c1-24(11-9-18(25)26)12-10-23-32(29,30)17-13-15(7-8-16(17)19(20,21)22)31(27,28)14-5-3-2-4-6-14;/h2-8,13,23H,9-12H2,1H3,(H,25,26);1H. The zero-order chi connectivity index (χ0) is 24.2. The normalized spacial score (nSPS) is 12.4. The van der Waals surface area contributed by atoms with Crippen molar-refractivity contribution in [1.29, 1.82) is 0 Å². The quantitative estimate of drug-likeness (QED) is 0.484. The number of sulfonamides is 1. The molecule has 0 saturated heterocycles. The van der Waals surface area contributed by atoms with Gasteiger partial charge in [0, 0.05) is 19.6 Å². The number of aliphatic carboxylic acids is 1. The number of benzene rings is 2. The zero-order valence-corrected chi connectivity index (χ0v) is 19.7. The summed E-state index contributed by atoms with van der Waals surface area (Å²) in [6, 6.07) is 8.51. The molecule has 0 fully saturated rings. The number of rotatable bonds is 10. The average Bonchev–Trinajstić information content (AvgIpc) is 2.71. The Bertz CT molecular complexity index is 1170. The van der Waals surface area contributed by atoms with Gasteiger partial charge in [0.15, 0.2) is 0 Å². The number of carboxylic acids is 1. The fourth-order valence-electron chi connectivity index (χ4n) is 2.71. The molecule has 0 unspecified atom stereocenters. The van der Waals surface area contributed by atoms with Crippen molar-refractivity contribution in [1.82, 2.24) is 9.62 Å². The number of halogens is 4. The first-order valence-electron chi connectivity index (χ1n) is 9.16. The maximum atomic E-state index is 13.5. The Morgan fingerprint density at radius 3 is 2.15 bits per heavy atom. The zero-order valence-electron chi connectivity index (χ0n) is 17.2. The minimum absolute atomic E-state index is 0. The SMILES string of the molecule is CN(CCNS(=O)(=O)c1cc(S(=O)(=O)c2ccccc2)ccc1C(F)(F)F)CCC(=O)O.Cl. The highest BCUT2D eigenvalue weighted by molar-refractivity contribution is 7.91. The van der Waals surface area contributed by atoms with Crippen molar-refractivity contribution in [3.05, 3.63) is 54.1 Å². The van der Waals surface area contributed by atoms with Gasteiger partial charge in [0.05, 0.1) is 26.7 Å². The van der Waals surface area contributed by atoms with Crippen molar-refractivity contribution in [3.63, 3.8) is 0 Å². The summed E-state index contributed by atoms with van der Waals surface area (Å²) >= 11 is 0. The van der Waals surface area contributed by atoms with Gasteiger partial charge in [-0.3, -0.25) is 4.79 Å². The van der Waals surface area contributed by atoms with Gasteiger partial charge in [0.1, 0.15) is 0 Å². The van der Waals surface area contributed by atoms with E-state index in [-0.39, 0.29) is 43.4 Å². The number of hydrogen-bond acceptors (Lipinski definition) is 6. The Morgan fingerprint density at radius 1 is 1.00 bits per heavy atom. The molecule has 0 aliphatic carbocycles. The average molecular weight is 531 g/mol. The largest absolute Gasteiger partial charge is 0.481 e. The monoisotopic (exact) mass is 530 g/mol. The highest BCUT2D eigenvalue weighted by Crippen LogP contribution is 2.36. The molecular weight excluding hydrogens is 509 g/mol. The second-order valence-corrected chi connectivity index (χ2v) is 10.5. The molecule has 0 amide bonds. The molecule has 0 heterocycles. The summed E-state index contributed by atoms with van der Waals surface area (Å²) in [4.78, 5) is 10.0. The van der Waals surface area contributed by atoms with Crippen molar-refractivity contribution in [3.8, 4) is 0 Å². The van der Waals surface area contributed by atoms with E-state index in [1.807, 2.05) is 4.72 Å². The second kappa shape index (κ2) is 11.3. The Kier molecular flexibility index (Phi) is 9.87. The van der Waals surface area contributed by atoms with Gasteiger partial charge in [-0.25, -0.2) is 21.6 Å². The fraction of sp³-hybridized carbons (Fsp3) is 0.316. The van der Waals surface area contributed by atoms with Crippen LogP contribution < -0.4 is 4.72 Å². The molecule has 0 aliphatic rings. The second-order valence-electron chi connectivity index (χ2n) is 6.82. The molecule has 0 atom stereocenters. The molecule has 0 aromatic heterocycles. The number of likely N-dealkylation sites (N-methyl/N-ethyl adjacent to an activating group) is 1. The molecule has 0 radical (unpaired) electrons. The Hall–Kier alpha value is -2.19. The number of hydrogen-bond donors (Lipinski definition) is 2. The van der Waals surface area contributed by atoms with Crippen LogP contribution in [0.15, 0.2) is 63.2 Å². The number of carbonyl (C=O) groups is 1. The van der Waals surface area contributed by atoms with Crippen LogP contribution in [0.4, 0.5) is 13.2 Å². The van der Waals surface area contributed by atoms with E-state index < -0.39 is 47.4 Å². The van der Waals surface area contributed by atoms with Crippen molar-refractivity contribution in [2.24, 2.45) is 0 Å². The first kappa shape index (κ1) is 28.8. The van der Waals surface area contributed by atoms with Crippen LogP contribution in [0.5, 0.6) is 0 Å². The molecule has 184 valence electrons. The van der Waals surface area contributed by atoms with Crippen LogP contribution in [0.25, 0.3) is 0 Å². The first-order chi connectivity index (χ1) is 14.7. The molecule has 2 rings (SSSR count). The summed E-state index contributed by atoms with van der Waals surface area (Å²) in [6.45, 7) is -0.184. The first-order valence-corrected chi connectivity index (χ1v) is 12.1. The van der Waals surface area contributed by atoms with Crippen molar-refractivity contribution < 1.29 is 39.9 Å². The lowest BCUT2D eigenvalue weighted by atomic mass is 10.2. The van der Waals surface area contributed by atoms with Gasteiger partial charge in [0.2, 0.25) is 19.9 Å². The molecule has 33 heavy (non-hydrogen) atoms. The smallest absolute Gasteiger partial charge is 0.417 e. The third kappa shape index (κ3) is 7.67. The minimum atomic E-state index is -5.04. The summed E-state index contributed by atoms with van der Waals surface area (Å²) in [5, 5.41) is 8.65. The van der Waals surface area contributed by atoms with Gasteiger partial charge in [-0.2, -0.15) is 13.2 Å². The van der Waals surface area contributed by atoms with Crippen LogP contribution in [-0.2, 0) is 30.8 Å². The van der Waals surface area contributed by atoms with E-state index in [9.17, 15) is 34.8 Å². The molecule has 8 nitrogen and oxygen atoms in total. The van der Waals surface area contributed by atoms with E-state index >= 15 is 0 Å². The molecule has 2 aromatic carbocycles. The van der Waals surface area contributed by atoms with E-state index in [0.717, 1.165) is 0 Å². The molecule has 0 aliphatic heterocycles. The minimum Gasteiger partial charge on any atom is -0.481 e. The fourth-order valence-corrected chi connectivity index (χ4v) is 5.36.